The van der Waals surface area contributed by atoms with E-state index in [0.717, 1.165) is 0 Å². The molecule has 0 aliphatic heterocycles. The first-order valence-electron chi connectivity index (χ1n) is 4.65. The summed E-state index contributed by atoms with van der Waals surface area (Å²) in [5, 5.41) is 13.2. The monoisotopic (exact) mass is 223 g/mol. The standard InChI is InChI=1S/C10H13N3O3/c1-7-6-8(11-10(14)12(2)3)4-5-9(7)13(15)16/h4-6H,1-3H3,(H,11,14). The SMILES string of the molecule is Cc1cc(NC(=O)N(C)C)ccc1[N+](=O)[O-]. The fraction of sp³-hybridized carbons (Fsp3) is 0.300. The minimum Gasteiger partial charge on any atom is -0.331 e. The Morgan fingerprint density at radius 2 is 2.06 bits per heavy atom. The predicted octanol–water partition coefficient (Wildman–Crippen LogP) is 2.00. The van der Waals surface area contributed by atoms with Gasteiger partial charge in [-0.15, -0.1) is 0 Å². The van der Waals surface area contributed by atoms with Crippen molar-refractivity contribution in [2.75, 3.05) is 19.4 Å². The van der Waals surface area contributed by atoms with Crippen molar-refractivity contribution >= 4 is 17.4 Å². The molecule has 1 aromatic carbocycles. The minimum atomic E-state index is -0.452. The summed E-state index contributed by atoms with van der Waals surface area (Å²) in [6, 6.07) is 4.18. The molecule has 16 heavy (non-hydrogen) atoms. The van der Waals surface area contributed by atoms with Crippen molar-refractivity contribution in [1.29, 1.82) is 0 Å². The number of urea groups is 1. The van der Waals surface area contributed by atoms with Crippen LogP contribution >= 0.6 is 0 Å². The van der Waals surface area contributed by atoms with Crippen LogP contribution in [0.25, 0.3) is 0 Å². The van der Waals surface area contributed by atoms with Crippen LogP contribution in [0.4, 0.5) is 16.2 Å². The fourth-order valence-electron chi connectivity index (χ4n) is 1.17. The zero-order valence-electron chi connectivity index (χ0n) is 9.35. The zero-order valence-corrected chi connectivity index (χ0v) is 9.35. The van der Waals surface area contributed by atoms with Gasteiger partial charge in [0.25, 0.3) is 5.69 Å². The second-order valence-electron chi connectivity index (χ2n) is 3.58. The van der Waals surface area contributed by atoms with Gasteiger partial charge in [0.1, 0.15) is 0 Å². The van der Waals surface area contributed by atoms with E-state index >= 15 is 0 Å². The van der Waals surface area contributed by atoms with Crippen LogP contribution in [-0.2, 0) is 0 Å². The maximum absolute atomic E-state index is 11.3. The van der Waals surface area contributed by atoms with Gasteiger partial charge in [-0.2, -0.15) is 0 Å². The molecule has 86 valence electrons. The van der Waals surface area contributed by atoms with Gasteiger partial charge in [-0.1, -0.05) is 0 Å². The van der Waals surface area contributed by atoms with Crippen molar-refractivity contribution in [1.82, 2.24) is 4.90 Å². The van der Waals surface area contributed by atoms with Gasteiger partial charge >= 0.3 is 6.03 Å². The zero-order chi connectivity index (χ0) is 12.3. The Hall–Kier alpha value is -2.11. The summed E-state index contributed by atoms with van der Waals surface area (Å²) in [7, 11) is 3.24. The lowest BCUT2D eigenvalue weighted by Gasteiger charge is -2.12. The molecule has 0 fully saturated rings. The van der Waals surface area contributed by atoms with Crippen LogP contribution in [0.15, 0.2) is 18.2 Å². The van der Waals surface area contributed by atoms with Crippen LogP contribution in [0, 0.1) is 17.0 Å². The molecule has 0 saturated carbocycles. The van der Waals surface area contributed by atoms with E-state index in [1.807, 2.05) is 0 Å². The number of carbonyl (C=O) groups is 1. The maximum atomic E-state index is 11.3. The summed E-state index contributed by atoms with van der Waals surface area (Å²) in [5.41, 5.74) is 1.10. The molecule has 0 saturated heterocycles. The Balaban J connectivity index is 2.90. The Labute approximate surface area is 93.0 Å². The summed E-state index contributed by atoms with van der Waals surface area (Å²) in [4.78, 5) is 22.8. The Bertz CT molecular complexity index is 429. The normalized spacial score (nSPS) is 9.69. The van der Waals surface area contributed by atoms with Gasteiger partial charge in [0.05, 0.1) is 4.92 Å². The van der Waals surface area contributed by atoms with Crippen molar-refractivity contribution in [2.45, 2.75) is 6.92 Å². The van der Waals surface area contributed by atoms with Crippen molar-refractivity contribution < 1.29 is 9.72 Å². The highest BCUT2D eigenvalue weighted by atomic mass is 16.6. The fourth-order valence-corrected chi connectivity index (χ4v) is 1.17. The van der Waals surface area contributed by atoms with E-state index in [1.165, 1.54) is 17.0 Å². The molecule has 2 amide bonds. The van der Waals surface area contributed by atoms with Crippen LogP contribution in [-0.4, -0.2) is 29.9 Å². The van der Waals surface area contributed by atoms with E-state index in [0.29, 0.717) is 11.3 Å². The average Bonchev–Trinajstić information content (AvgIpc) is 2.16. The number of carbonyl (C=O) groups excluding carboxylic acids is 1. The molecule has 0 atom stereocenters. The van der Waals surface area contributed by atoms with Crippen molar-refractivity contribution in [3.63, 3.8) is 0 Å². The largest absolute Gasteiger partial charge is 0.331 e. The number of benzene rings is 1. The summed E-state index contributed by atoms with van der Waals surface area (Å²) >= 11 is 0. The molecule has 1 rings (SSSR count). The Morgan fingerprint density at radius 1 is 1.44 bits per heavy atom. The van der Waals surface area contributed by atoms with E-state index in [-0.39, 0.29) is 11.7 Å². The Kier molecular flexibility index (Phi) is 3.44. The number of nitro groups is 1. The van der Waals surface area contributed by atoms with Gasteiger partial charge in [0.2, 0.25) is 0 Å². The van der Waals surface area contributed by atoms with Crippen LogP contribution in [0.3, 0.4) is 0 Å². The third-order valence-corrected chi connectivity index (χ3v) is 2.05. The summed E-state index contributed by atoms with van der Waals surface area (Å²) in [5.74, 6) is 0. The van der Waals surface area contributed by atoms with Crippen molar-refractivity contribution in [3.05, 3.63) is 33.9 Å². The number of nitrogens with one attached hydrogen (secondary N) is 1. The molecule has 1 aromatic rings. The molecule has 0 unspecified atom stereocenters. The number of anilines is 1. The molecule has 0 bridgehead atoms. The highest BCUT2D eigenvalue weighted by Crippen LogP contribution is 2.21. The van der Waals surface area contributed by atoms with Crippen LogP contribution in [0.2, 0.25) is 0 Å². The van der Waals surface area contributed by atoms with Gasteiger partial charge in [0, 0.05) is 31.4 Å². The highest BCUT2D eigenvalue weighted by Gasteiger charge is 2.11. The number of nitro benzene ring substituents is 1. The molecule has 0 aliphatic rings. The van der Waals surface area contributed by atoms with E-state index in [9.17, 15) is 14.9 Å². The molecule has 0 heterocycles. The number of nitrogens with zero attached hydrogens (tertiary/aromatic N) is 2. The molecular weight excluding hydrogens is 210 g/mol. The number of hydrogen-bond acceptors (Lipinski definition) is 3. The number of amides is 2. The lowest BCUT2D eigenvalue weighted by atomic mass is 10.2. The first-order chi connectivity index (χ1) is 7.41. The van der Waals surface area contributed by atoms with E-state index < -0.39 is 4.92 Å². The molecule has 0 spiro atoms. The first kappa shape index (κ1) is 12.0. The average molecular weight is 223 g/mol. The smallest absolute Gasteiger partial charge is 0.321 e. The van der Waals surface area contributed by atoms with Crippen LogP contribution in [0.1, 0.15) is 5.56 Å². The molecule has 1 N–H and O–H groups in total. The number of hydrogen-bond donors (Lipinski definition) is 1. The minimum absolute atomic E-state index is 0.0443. The van der Waals surface area contributed by atoms with Crippen LogP contribution < -0.4 is 5.32 Å². The van der Waals surface area contributed by atoms with Gasteiger partial charge in [-0.3, -0.25) is 10.1 Å². The lowest BCUT2D eigenvalue weighted by Crippen LogP contribution is -2.27. The number of rotatable bonds is 2. The maximum Gasteiger partial charge on any atom is 0.321 e. The molecule has 0 radical (unpaired) electrons. The predicted molar refractivity (Wildman–Crippen MR) is 60.5 cm³/mol. The Morgan fingerprint density at radius 3 is 2.50 bits per heavy atom. The van der Waals surface area contributed by atoms with Crippen molar-refractivity contribution in [3.8, 4) is 0 Å². The summed E-state index contributed by atoms with van der Waals surface area (Å²) in [6.07, 6.45) is 0. The second kappa shape index (κ2) is 4.61. The van der Waals surface area contributed by atoms with Gasteiger partial charge in [-0.25, -0.2) is 4.79 Å². The van der Waals surface area contributed by atoms with E-state index in [1.54, 1.807) is 27.1 Å². The molecular formula is C10H13N3O3. The summed E-state index contributed by atoms with van der Waals surface area (Å²) in [6.45, 7) is 1.63. The molecule has 0 aliphatic carbocycles. The quantitative estimate of drug-likeness (QED) is 0.615. The first-order valence-corrected chi connectivity index (χ1v) is 4.65. The lowest BCUT2D eigenvalue weighted by molar-refractivity contribution is -0.385. The third-order valence-electron chi connectivity index (χ3n) is 2.05. The number of aryl methyl sites for hydroxylation is 1. The van der Waals surface area contributed by atoms with Gasteiger partial charge in [0.15, 0.2) is 0 Å². The van der Waals surface area contributed by atoms with E-state index in [2.05, 4.69) is 5.32 Å². The highest BCUT2D eigenvalue weighted by molar-refractivity contribution is 5.89. The topological polar surface area (TPSA) is 75.5 Å². The molecule has 6 heteroatoms. The summed E-state index contributed by atoms with van der Waals surface area (Å²) < 4.78 is 0. The van der Waals surface area contributed by atoms with Gasteiger partial charge < -0.3 is 10.2 Å². The van der Waals surface area contributed by atoms with E-state index in [4.69, 9.17) is 0 Å². The van der Waals surface area contributed by atoms with Crippen LogP contribution in [0.5, 0.6) is 0 Å². The second-order valence-corrected chi connectivity index (χ2v) is 3.58. The van der Waals surface area contributed by atoms with Crippen molar-refractivity contribution in [2.24, 2.45) is 0 Å². The molecule has 0 aromatic heterocycles. The molecule has 6 nitrogen and oxygen atoms in total. The third kappa shape index (κ3) is 2.69. The van der Waals surface area contributed by atoms with Gasteiger partial charge in [-0.05, 0) is 19.1 Å².